The molecule has 144 valence electrons. The first-order valence-electron chi connectivity index (χ1n) is 10.0. The van der Waals surface area contributed by atoms with Crippen LogP contribution in [-0.4, -0.2) is 35.8 Å². The zero-order valence-corrected chi connectivity index (χ0v) is 17.0. The number of carbonyl (C=O) groups is 2. The molecule has 1 unspecified atom stereocenters. The first-order chi connectivity index (χ1) is 12.3. The predicted molar refractivity (Wildman–Crippen MR) is 107 cm³/mol. The summed E-state index contributed by atoms with van der Waals surface area (Å²) in [6, 6.07) is 7.47. The smallest absolute Gasteiger partial charge is 0.251 e. The third kappa shape index (κ3) is 5.16. The molecule has 1 aromatic carbocycles. The minimum atomic E-state index is -0.314. The van der Waals surface area contributed by atoms with Crippen molar-refractivity contribution in [2.24, 2.45) is 11.8 Å². The number of aryl methyl sites for hydroxylation is 1. The number of hydrogen-bond donors (Lipinski definition) is 0. The Balaban J connectivity index is 2.16. The zero-order chi connectivity index (χ0) is 19.3. The number of hydrogen-bond acceptors (Lipinski definition) is 3. The highest BCUT2D eigenvalue weighted by molar-refractivity contribution is 6.22. The van der Waals surface area contributed by atoms with Crippen LogP contribution in [0.25, 0.3) is 0 Å². The van der Waals surface area contributed by atoms with Crippen LogP contribution < -0.4 is 4.90 Å². The van der Waals surface area contributed by atoms with Gasteiger partial charge in [-0.3, -0.25) is 14.5 Å². The molecular formula is C22H34N2O2. The van der Waals surface area contributed by atoms with Crippen LogP contribution in [-0.2, 0) is 16.0 Å². The Hall–Kier alpha value is -1.68. The highest BCUT2D eigenvalue weighted by Gasteiger charge is 2.42. The molecule has 4 nitrogen and oxygen atoms in total. The van der Waals surface area contributed by atoms with Gasteiger partial charge in [0.15, 0.2) is 0 Å². The molecule has 1 aliphatic rings. The van der Waals surface area contributed by atoms with E-state index in [1.165, 1.54) is 10.5 Å². The van der Waals surface area contributed by atoms with E-state index in [2.05, 4.69) is 39.5 Å². The first-order valence-corrected chi connectivity index (χ1v) is 10.0. The highest BCUT2D eigenvalue weighted by Crippen LogP contribution is 2.27. The second kappa shape index (κ2) is 9.31. The Morgan fingerprint density at radius 1 is 1.00 bits per heavy atom. The van der Waals surface area contributed by atoms with Gasteiger partial charge in [0.2, 0.25) is 5.91 Å². The van der Waals surface area contributed by atoms with E-state index in [0.717, 1.165) is 32.4 Å². The van der Waals surface area contributed by atoms with Crippen molar-refractivity contribution in [2.45, 2.75) is 66.3 Å². The topological polar surface area (TPSA) is 40.6 Å². The van der Waals surface area contributed by atoms with Gasteiger partial charge < -0.3 is 0 Å². The summed E-state index contributed by atoms with van der Waals surface area (Å²) in [5, 5.41) is 0. The number of nitrogens with zero attached hydrogens (tertiary/aromatic N) is 2. The summed E-state index contributed by atoms with van der Waals surface area (Å²) >= 11 is 0. The van der Waals surface area contributed by atoms with Crippen molar-refractivity contribution in [3.8, 4) is 0 Å². The Kier molecular flexibility index (Phi) is 7.39. The predicted octanol–water partition coefficient (Wildman–Crippen LogP) is 4.28. The van der Waals surface area contributed by atoms with Gasteiger partial charge in [-0.05, 0) is 61.9 Å². The average Bonchev–Trinajstić information content (AvgIpc) is 2.89. The maximum Gasteiger partial charge on any atom is 0.251 e. The number of benzene rings is 1. The second-order valence-corrected chi connectivity index (χ2v) is 8.21. The van der Waals surface area contributed by atoms with Gasteiger partial charge in [0, 0.05) is 0 Å². The summed E-state index contributed by atoms with van der Waals surface area (Å²) in [7, 11) is 0. The summed E-state index contributed by atoms with van der Waals surface area (Å²) in [5.41, 5.74) is 1.91. The molecular weight excluding hydrogens is 324 g/mol. The summed E-state index contributed by atoms with van der Waals surface area (Å²) < 4.78 is 0. The molecule has 1 atom stereocenters. The van der Waals surface area contributed by atoms with Gasteiger partial charge >= 0.3 is 0 Å². The van der Waals surface area contributed by atoms with E-state index in [4.69, 9.17) is 0 Å². The fraction of sp³-hybridized carbons (Fsp3) is 0.636. The quantitative estimate of drug-likeness (QED) is 0.619. The lowest BCUT2D eigenvalue weighted by molar-refractivity contribution is -0.123. The zero-order valence-electron chi connectivity index (χ0n) is 17.0. The van der Waals surface area contributed by atoms with Crippen molar-refractivity contribution in [1.29, 1.82) is 0 Å². The minimum absolute atomic E-state index is 0.0632. The van der Waals surface area contributed by atoms with E-state index in [1.807, 2.05) is 24.3 Å². The molecule has 2 rings (SSSR count). The van der Waals surface area contributed by atoms with Crippen LogP contribution in [0.3, 0.4) is 0 Å². The number of carbonyl (C=O) groups excluding carboxylic acids is 2. The minimum Gasteiger partial charge on any atom is -0.292 e. The van der Waals surface area contributed by atoms with E-state index >= 15 is 0 Å². The second-order valence-electron chi connectivity index (χ2n) is 8.21. The molecule has 2 amide bonds. The fourth-order valence-electron chi connectivity index (χ4n) is 3.32. The summed E-state index contributed by atoms with van der Waals surface area (Å²) in [6.07, 6.45) is 3.33. The van der Waals surface area contributed by atoms with E-state index in [-0.39, 0.29) is 17.9 Å². The van der Waals surface area contributed by atoms with E-state index in [0.29, 0.717) is 23.9 Å². The first kappa shape index (κ1) is 20.6. The molecule has 0 saturated carbocycles. The van der Waals surface area contributed by atoms with Crippen LogP contribution >= 0.6 is 0 Å². The lowest BCUT2D eigenvalue weighted by atomic mass is 10.1. The van der Waals surface area contributed by atoms with Crippen molar-refractivity contribution in [3.05, 3.63) is 29.8 Å². The van der Waals surface area contributed by atoms with Crippen molar-refractivity contribution in [1.82, 2.24) is 4.90 Å². The largest absolute Gasteiger partial charge is 0.292 e. The van der Waals surface area contributed by atoms with Crippen molar-refractivity contribution in [2.75, 3.05) is 18.0 Å². The summed E-state index contributed by atoms with van der Waals surface area (Å²) in [4.78, 5) is 29.3. The van der Waals surface area contributed by atoms with Gasteiger partial charge in [0.05, 0.1) is 18.2 Å². The van der Waals surface area contributed by atoms with Gasteiger partial charge in [0.25, 0.3) is 5.91 Å². The lowest BCUT2D eigenvalue weighted by Crippen LogP contribution is -2.43. The molecule has 1 heterocycles. The molecule has 0 bridgehead atoms. The normalized spacial score (nSPS) is 18.0. The molecule has 0 N–H and O–H groups in total. The molecule has 1 aliphatic heterocycles. The lowest BCUT2D eigenvalue weighted by Gasteiger charge is -2.28. The highest BCUT2D eigenvalue weighted by atomic mass is 16.2. The standard InChI is InChI=1S/C22H34N2O2/c1-6-18-7-9-19(10-8-18)24-21(25)15-20(22(24)26)23(13-11-16(2)3)14-12-17(4)5/h7-10,16-17,20H,6,11-15H2,1-5H3. The van der Waals surface area contributed by atoms with Crippen LogP contribution in [0.15, 0.2) is 24.3 Å². The number of imide groups is 1. The molecule has 0 radical (unpaired) electrons. The van der Waals surface area contributed by atoms with Crippen LogP contribution in [0.4, 0.5) is 5.69 Å². The molecule has 0 aliphatic carbocycles. The van der Waals surface area contributed by atoms with Crippen molar-refractivity contribution >= 4 is 17.5 Å². The van der Waals surface area contributed by atoms with Crippen LogP contribution in [0.5, 0.6) is 0 Å². The number of rotatable bonds is 9. The van der Waals surface area contributed by atoms with Gasteiger partial charge in [-0.1, -0.05) is 46.8 Å². The molecule has 1 fully saturated rings. The summed E-state index contributed by atoms with van der Waals surface area (Å²) in [6.45, 7) is 12.6. The Labute approximate surface area is 158 Å². The maximum absolute atomic E-state index is 13.1. The third-order valence-corrected chi connectivity index (χ3v) is 5.15. The van der Waals surface area contributed by atoms with Gasteiger partial charge in [0.1, 0.15) is 0 Å². The molecule has 26 heavy (non-hydrogen) atoms. The van der Waals surface area contributed by atoms with Crippen molar-refractivity contribution in [3.63, 3.8) is 0 Å². The van der Waals surface area contributed by atoms with Gasteiger partial charge in [-0.2, -0.15) is 0 Å². The van der Waals surface area contributed by atoms with E-state index in [9.17, 15) is 9.59 Å². The SMILES string of the molecule is CCc1ccc(N2C(=O)CC(N(CCC(C)C)CCC(C)C)C2=O)cc1. The fourth-order valence-corrected chi connectivity index (χ4v) is 3.32. The summed E-state index contributed by atoms with van der Waals surface area (Å²) in [5.74, 6) is 1.03. The maximum atomic E-state index is 13.1. The molecule has 1 saturated heterocycles. The van der Waals surface area contributed by atoms with E-state index in [1.54, 1.807) is 0 Å². The number of anilines is 1. The Morgan fingerprint density at radius 2 is 1.54 bits per heavy atom. The monoisotopic (exact) mass is 358 g/mol. The van der Waals surface area contributed by atoms with Gasteiger partial charge in [-0.25, -0.2) is 4.90 Å². The van der Waals surface area contributed by atoms with Crippen LogP contribution in [0.1, 0.15) is 59.4 Å². The van der Waals surface area contributed by atoms with Crippen LogP contribution in [0, 0.1) is 11.8 Å². The number of amides is 2. The van der Waals surface area contributed by atoms with Gasteiger partial charge in [-0.15, -0.1) is 0 Å². The third-order valence-electron chi connectivity index (χ3n) is 5.15. The Morgan fingerprint density at radius 3 is 2.00 bits per heavy atom. The molecule has 1 aromatic rings. The molecule has 0 aromatic heterocycles. The molecule has 0 spiro atoms. The van der Waals surface area contributed by atoms with E-state index < -0.39 is 0 Å². The average molecular weight is 359 g/mol. The molecule has 4 heteroatoms. The Bertz CT molecular complexity index is 595. The van der Waals surface area contributed by atoms with Crippen LogP contribution in [0.2, 0.25) is 0 Å². The van der Waals surface area contributed by atoms with Crippen molar-refractivity contribution < 1.29 is 9.59 Å².